The van der Waals surface area contributed by atoms with Crippen LogP contribution in [0.1, 0.15) is 19.8 Å². The molecular weight excluding hydrogens is 252 g/mol. The van der Waals surface area contributed by atoms with E-state index < -0.39 is 6.16 Å². The molecule has 0 aliphatic heterocycles. The van der Waals surface area contributed by atoms with Crippen molar-refractivity contribution in [2.24, 2.45) is 0 Å². The number of benzene rings is 2. The van der Waals surface area contributed by atoms with Gasteiger partial charge in [-0.05, 0) is 17.5 Å². The van der Waals surface area contributed by atoms with Crippen molar-refractivity contribution in [1.82, 2.24) is 0 Å². The van der Waals surface area contributed by atoms with Crippen LogP contribution in [-0.4, -0.2) is 17.9 Å². The van der Waals surface area contributed by atoms with Crippen LogP contribution in [0.4, 0.5) is 4.79 Å². The molecule has 1 N–H and O–H groups in total. The number of hydrogen-bond acceptors (Lipinski definition) is 2. The molecule has 0 bridgehead atoms. The monoisotopic (exact) mass is 272 g/mol. The normalized spacial score (nSPS) is 9.25. The van der Waals surface area contributed by atoms with E-state index in [1.54, 1.807) is 0 Å². The molecule has 0 radical (unpaired) electrons. The van der Waals surface area contributed by atoms with Gasteiger partial charge in [0.05, 0.1) is 6.61 Å². The molecule has 20 heavy (non-hydrogen) atoms. The second-order valence-corrected chi connectivity index (χ2v) is 4.20. The Morgan fingerprint density at radius 1 is 0.950 bits per heavy atom. The van der Waals surface area contributed by atoms with Crippen molar-refractivity contribution in [3.05, 3.63) is 60.7 Å². The highest BCUT2D eigenvalue weighted by Crippen LogP contribution is 2.17. The minimum Gasteiger partial charge on any atom is -0.450 e. The molecule has 0 unspecified atom stereocenters. The molecular formula is C17H20O3. The predicted molar refractivity (Wildman–Crippen MR) is 80.8 cm³/mol. The maximum absolute atomic E-state index is 9.65. The fourth-order valence-corrected chi connectivity index (χ4v) is 1.57. The summed E-state index contributed by atoms with van der Waals surface area (Å²) in [5.41, 5.74) is 2.55. The molecule has 3 nitrogen and oxygen atoms in total. The highest BCUT2D eigenvalue weighted by atomic mass is 16.7. The van der Waals surface area contributed by atoms with Crippen LogP contribution >= 0.6 is 0 Å². The van der Waals surface area contributed by atoms with Gasteiger partial charge in [-0.15, -0.1) is 0 Å². The molecule has 0 aliphatic carbocycles. The van der Waals surface area contributed by atoms with Crippen LogP contribution in [0.25, 0.3) is 11.1 Å². The molecule has 0 aromatic heterocycles. The summed E-state index contributed by atoms with van der Waals surface area (Å²) in [4.78, 5) is 9.65. The van der Waals surface area contributed by atoms with E-state index in [4.69, 9.17) is 5.11 Å². The fourth-order valence-electron chi connectivity index (χ4n) is 1.57. The van der Waals surface area contributed by atoms with Crippen LogP contribution in [0.3, 0.4) is 0 Å². The maximum atomic E-state index is 9.65. The lowest BCUT2D eigenvalue weighted by atomic mass is 10.1. The van der Waals surface area contributed by atoms with Gasteiger partial charge in [0.15, 0.2) is 0 Å². The summed E-state index contributed by atoms with van der Waals surface area (Å²) in [6, 6.07) is 20.8. The lowest BCUT2D eigenvalue weighted by molar-refractivity contribution is 0.0905. The summed E-state index contributed by atoms with van der Waals surface area (Å²) in [6.07, 6.45) is 0.595. The minimum absolute atomic E-state index is 0.325. The van der Waals surface area contributed by atoms with Crippen LogP contribution in [0.5, 0.6) is 0 Å². The second-order valence-electron chi connectivity index (χ2n) is 4.20. The lowest BCUT2D eigenvalue weighted by Crippen LogP contribution is -2.00. The summed E-state index contributed by atoms with van der Waals surface area (Å²) < 4.78 is 4.20. The topological polar surface area (TPSA) is 46.5 Å². The molecule has 0 saturated carbocycles. The van der Waals surface area contributed by atoms with Gasteiger partial charge in [-0.3, -0.25) is 0 Å². The Balaban J connectivity index is 0.000000221. The van der Waals surface area contributed by atoms with Gasteiger partial charge in [-0.1, -0.05) is 74.0 Å². The van der Waals surface area contributed by atoms with Crippen LogP contribution in [0.2, 0.25) is 0 Å². The fraction of sp³-hybridized carbons (Fsp3) is 0.235. The van der Waals surface area contributed by atoms with Gasteiger partial charge in [-0.25, -0.2) is 4.79 Å². The molecule has 0 saturated heterocycles. The number of hydrogen-bond donors (Lipinski definition) is 1. The molecule has 0 heterocycles. The zero-order chi connectivity index (χ0) is 14.6. The molecule has 0 amide bonds. The molecule has 2 aromatic rings. The maximum Gasteiger partial charge on any atom is 0.505 e. The summed E-state index contributed by atoms with van der Waals surface area (Å²) in [7, 11) is 0. The van der Waals surface area contributed by atoms with Crippen LogP contribution < -0.4 is 0 Å². The lowest BCUT2D eigenvalue weighted by Gasteiger charge is -1.98. The average Bonchev–Trinajstić information content (AvgIpc) is 2.50. The van der Waals surface area contributed by atoms with Crippen molar-refractivity contribution in [3.63, 3.8) is 0 Å². The zero-order valence-electron chi connectivity index (χ0n) is 11.7. The molecule has 106 valence electrons. The van der Waals surface area contributed by atoms with Gasteiger partial charge >= 0.3 is 6.16 Å². The van der Waals surface area contributed by atoms with Crippen molar-refractivity contribution in [2.75, 3.05) is 6.61 Å². The first-order valence-electron chi connectivity index (χ1n) is 6.70. The molecule has 2 aromatic carbocycles. The van der Waals surface area contributed by atoms with E-state index in [-0.39, 0.29) is 0 Å². The third kappa shape index (κ3) is 6.59. The zero-order valence-corrected chi connectivity index (χ0v) is 11.7. The van der Waals surface area contributed by atoms with Crippen molar-refractivity contribution >= 4 is 6.16 Å². The van der Waals surface area contributed by atoms with Gasteiger partial charge in [0.2, 0.25) is 0 Å². The quantitative estimate of drug-likeness (QED) is 0.640. The number of carbonyl (C=O) groups is 1. The SMILES string of the molecule is CCCCOC(=O)O.c1ccc(-c2ccccc2)cc1. The molecule has 0 fully saturated rings. The third-order valence-electron chi connectivity index (χ3n) is 2.60. The Morgan fingerprint density at radius 2 is 1.40 bits per heavy atom. The van der Waals surface area contributed by atoms with E-state index in [0.717, 1.165) is 12.8 Å². The number of unbranched alkanes of at least 4 members (excludes halogenated alkanes) is 1. The highest BCUT2D eigenvalue weighted by Gasteiger charge is 1.92. The molecule has 0 spiro atoms. The second kappa shape index (κ2) is 9.62. The highest BCUT2D eigenvalue weighted by molar-refractivity contribution is 5.62. The molecule has 2 rings (SSSR count). The summed E-state index contributed by atoms with van der Waals surface area (Å²) in [5.74, 6) is 0. The predicted octanol–water partition coefficient (Wildman–Crippen LogP) is 4.83. The van der Waals surface area contributed by atoms with E-state index in [1.807, 2.05) is 19.1 Å². The van der Waals surface area contributed by atoms with E-state index in [0.29, 0.717) is 6.61 Å². The number of carboxylic acid groups (broad SMARTS) is 1. The first-order chi connectivity index (χ1) is 9.74. The van der Waals surface area contributed by atoms with Crippen molar-refractivity contribution in [1.29, 1.82) is 0 Å². The van der Waals surface area contributed by atoms with Crippen molar-refractivity contribution < 1.29 is 14.6 Å². The Hall–Kier alpha value is -2.29. The van der Waals surface area contributed by atoms with E-state index in [2.05, 4.69) is 53.3 Å². The van der Waals surface area contributed by atoms with Crippen LogP contribution in [-0.2, 0) is 4.74 Å². The number of ether oxygens (including phenoxy) is 1. The standard InChI is InChI=1S/C12H10.C5H10O3/c1-3-7-11(8-4-1)12-9-5-2-6-10-12;1-2-3-4-8-5(6)7/h1-10H;2-4H2,1H3,(H,6,7). The third-order valence-corrected chi connectivity index (χ3v) is 2.60. The minimum atomic E-state index is -1.18. The number of rotatable bonds is 4. The van der Waals surface area contributed by atoms with Crippen LogP contribution in [0.15, 0.2) is 60.7 Å². The Bertz CT molecular complexity index is 443. The molecule has 0 atom stereocenters. The Labute approximate surface area is 119 Å². The average molecular weight is 272 g/mol. The molecule has 0 aliphatic rings. The van der Waals surface area contributed by atoms with E-state index >= 15 is 0 Å². The first kappa shape index (κ1) is 15.8. The van der Waals surface area contributed by atoms with Gasteiger partial charge in [-0.2, -0.15) is 0 Å². The van der Waals surface area contributed by atoms with Gasteiger partial charge in [0, 0.05) is 0 Å². The largest absolute Gasteiger partial charge is 0.505 e. The van der Waals surface area contributed by atoms with Gasteiger partial charge in [0.25, 0.3) is 0 Å². The van der Waals surface area contributed by atoms with Crippen molar-refractivity contribution in [3.8, 4) is 11.1 Å². The Kier molecular flexibility index (Phi) is 7.58. The summed E-state index contributed by atoms with van der Waals surface area (Å²) >= 11 is 0. The van der Waals surface area contributed by atoms with E-state index in [1.165, 1.54) is 11.1 Å². The first-order valence-corrected chi connectivity index (χ1v) is 6.70. The van der Waals surface area contributed by atoms with Crippen molar-refractivity contribution in [2.45, 2.75) is 19.8 Å². The summed E-state index contributed by atoms with van der Waals surface area (Å²) in [6.45, 7) is 2.30. The van der Waals surface area contributed by atoms with E-state index in [9.17, 15) is 4.79 Å². The van der Waals surface area contributed by atoms with Gasteiger partial charge in [0.1, 0.15) is 0 Å². The molecule has 3 heteroatoms. The van der Waals surface area contributed by atoms with Crippen LogP contribution in [0, 0.1) is 0 Å². The smallest absolute Gasteiger partial charge is 0.450 e. The summed E-state index contributed by atoms with van der Waals surface area (Å²) in [5, 5.41) is 7.92. The van der Waals surface area contributed by atoms with Gasteiger partial charge < -0.3 is 9.84 Å². The Morgan fingerprint density at radius 3 is 1.75 bits per heavy atom.